The molecular formula is C23H26FN5OS2. The van der Waals surface area contributed by atoms with Gasteiger partial charge < -0.3 is 9.80 Å². The molecule has 0 N–H and O–H groups in total. The number of carbonyl (C=O) groups is 1. The van der Waals surface area contributed by atoms with Crippen LogP contribution in [0.2, 0.25) is 0 Å². The highest BCUT2D eigenvalue weighted by molar-refractivity contribution is 7.17. The second-order valence-electron chi connectivity index (χ2n) is 8.48. The number of benzene rings is 1. The maximum atomic E-state index is 13.2. The van der Waals surface area contributed by atoms with Crippen molar-refractivity contribution in [1.29, 1.82) is 0 Å². The van der Waals surface area contributed by atoms with Gasteiger partial charge in [-0.3, -0.25) is 4.79 Å². The van der Waals surface area contributed by atoms with Crippen molar-refractivity contribution < 1.29 is 9.18 Å². The summed E-state index contributed by atoms with van der Waals surface area (Å²) in [4.78, 5) is 22.5. The van der Waals surface area contributed by atoms with Crippen molar-refractivity contribution in [2.45, 2.75) is 44.9 Å². The largest absolute Gasteiger partial charge is 0.343 e. The molecule has 1 saturated carbocycles. The van der Waals surface area contributed by atoms with Crippen molar-refractivity contribution in [2.75, 3.05) is 31.1 Å². The number of thiazole rings is 1. The van der Waals surface area contributed by atoms with E-state index < -0.39 is 0 Å². The number of halogens is 1. The minimum atomic E-state index is -0.280. The Kier molecular flexibility index (Phi) is 6.19. The summed E-state index contributed by atoms with van der Waals surface area (Å²) in [6.07, 6.45) is 6.37. The van der Waals surface area contributed by atoms with Gasteiger partial charge in [0.2, 0.25) is 5.13 Å². The van der Waals surface area contributed by atoms with Gasteiger partial charge in [0.25, 0.3) is 5.91 Å². The lowest BCUT2D eigenvalue weighted by Gasteiger charge is -2.34. The molecule has 0 bridgehead atoms. The zero-order chi connectivity index (χ0) is 22.1. The second-order valence-corrected chi connectivity index (χ2v) is 10.5. The fourth-order valence-corrected chi connectivity index (χ4v) is 6.53. The zero-order valence-electron chi connectivity index (χ0n) is 18.1. The van der Waals surface area contributed by atoms with Gasteiger partial charge in [0.15, 0.2) is 0 Å². The molecule has 0 unspecified atom stereocenters. The summed E-state index contributed by atoms with van der Waals surface area (Å²) in [7, 11) is 0. The molecule has 6 nitrogen and oxygen atoms in total. The number of piperazine rings is 1. The van der Waals surface area contributed by atoms with Crippen molar-refractivity contribution in [3.05, 3.63) is 45.7 Å². The van der Waals surface area contributed by atoms with Gasteiger partial charge in [-0.25, -0.2) is 9.37 Å². The van der Waals surface area contributed by atoms with Crippen molar-refractivity contribution in [3.63, 3.8) is 0 Å². The Morgan fingerprint density at radius 3 is 2.44 bits per heavy atom. The van der Waals surface area contributed by atoms with Gasteiger partial charge in [0.05, 0.1) is 5.69 Å². The lowest BCUT2D eigenvalue weighted by atomic mass is 9.90. The first-order chi connectivity index (χ1) is 15.6. The van der Waals surface area contributed by atoms with Crippen LogP contribution >= 0.6 is 22.7 Å². The van der Waals surface area contributed by atoms with E-state index in [1.54, 1.807) is 23.5 Å². The maximum absolute atomic E-state index is 13.2. The van der Waals surface area contributed by atoms with Gasteiger partial charge >= 0.3 is 0 Å². The number of amides is 1. The normalized spacial score (nSPS) is 17.7. The van der Waals surface area contributed by atoms with Crippen LogP contribution in [-0.4, -0.2) is 52.2 Å². The first kappa shape index (κ1) is 21.5. The standard InChI is InChI=1S/C23H26FN5OS2/c1-15-19(31-20(25-15)17-7-9-18(24)10-8-17)22(30)28-11-13-29(14-12-28)23-27-26-21(32-23)16-5-3-2-4-6-16/h7-10,16H,2-6,11-14H2,1H3. The smallest absolute Gasteiger partial charge is 0.265 e. The minimum absolute atomic E-state index is 0.0215. The molecule has 0 spiro atoms. The van der Waals surface area contributed by atoms with E-state index in [0.717, 1.165) is 34.5 Å². The third-order valence-corrected chi connectivity index (χ3v) is 8.64. The second kappa shape index (κ2) is 9.23. The number of rotatable bonds is 4. The van der Waals surface area contributed by atoms with E-state index >= 15 is 0 Å². The van der Waals surface area contributed by atoms with Crippen LogP contribution in [0.15, 0.2) is 24.3 Å². The molecule has 2 aliphatic rings. The Balaban J connectivity index is 1.22. The van der Waals surface area contributed by atoms with Crippen molar-refractivity contribution in [3.8, 4) is 10.6 Å². The van der Waals surface area contributed by atoms with Gasteiger partial charge in [-0.05, 0) is 44.0 Å². The molecule has 3 heterocycles. The van der Waals surface area contributed by atoms with Crippen molar-refractivity contribution >= 4 is 33.7 Å². The summed E-state index contributed by atoms with van der Waals surface area (Å²) in [5.41, 5.74) is 1.55. The average molecular weight is 472 g/mol. The van der Waals surface area contributed by atoms with E-state index in [0.29, 0.717) is 23.9 Å². The third-order valence-electron chi connectivity index (χ3n) is 6.30. The van der Waals surface area contributed by atoms with Gasteiger partial charge in [-0.15, -0.1) is 21.5 Å². The number of aryl methyl sites for hydroxylation is 1. The van der Waals surface area contributed by atoms with Gasteiger partial charge in [-0.2, -0.15) is 0 Å². The summed E-state index contributed by atoms with van der Waals surface area (Å²) >= 11 is 3.10. The zero-order valence-corrected chi connectivity index (χ0v) is 19.7. The van der Waals surface area contributed by atoms with E-state index in [4.69, 9.17) is 0 Å². The number of aromatic nitrogens is 3. The molecule has 1 amide bonds. The molecule has 9 heteroatoms. The van der Waals surface area contributed by atoms with Crippen LogP contribution < -0.4 is 4.90 Å². The summed E-state index contributed by atoms with van der Waals surface area (Å²) in [6, 6.07) is 6.23. The van der Waals surface area contributed by atoms with Crippen LogP contribution in [0.1, 0.15) is 58.4 Å². The highest BCUT2D eigenvalue weighted by atomic mass is 32.1. The van der Waals surface area contributed by atoms with E-state index in [1.165, 1.54) is 60.6 Å². The van der Waals surface area contributed by atoms with Crippen LogP contribution in [0.4, 0.5) is 9.52 Å². The van der Waals surface area contributed by atoms with Crippen molar-refractivity contribution in [1.82, 2.24) is 20.1 Å². The maximum Gasteiger partial charge on any atom is 0.265 e. The first-order valence-electron chi connectivity index (χ1n) is 11.2. The van der Waals surface area contributed by atoms with Crippen LogP contribution in [0, 0.1) is 12.7 Å². The molecule has 1 aliphatic carbocycles. The molecule has 2 aromatic heterocycles. The molecule has 1 saturated heterocycles. The van der Waals surface area contributed by atoms with Crippen LogP contribution in [0.25, 0.3) is 10.6 Å². The van der Waals surface area contributed by atoms with E-state index in [1.807, 2.05) is 11.8 Å². The lowest BCUT2D eigenvalue weighted by molar-refractivity contribution is 0.0750. The van der Waals surface area contributed by atoms with E-state index in [9.17, 15) is 9.18 Å². The quantitative estimate of drug-likeness (QED) is 0.529. The molecule has 2 fully saturated rings. The lowest BCUT2D eigenvalue weighted by Crippen LogP contribution is -2.48. The highest BCUT2D eigenvalue weighted by Gasteiger charge is 2.28. The number of nitrogens with zero attached hydrogens (tertiary/aromatic N) is 5. The minimum Gasteiger partial charge on any atom is -0.343 e. The molecule has 3 aromatic rings. The Labute approximate surface area is 195 Å². The number of hydrogen-bond acceptors (Lipinski definition) is 7. The highest BCUT2D eigenvalue weighted by Crippen LogP contribution is 2.36. The fourth-order valence-electron chi connectivity index (χ4n) is 4.42. The molecule has 1 aromatic carbocycles. The Morgan fingerprint density at radius 1 is 1.00 bits per heavy atom. The third kappa shape index (κ3) is 4.41. The predicted octanol–water partition coefficient (Wildman–Crippen LogP) is 5.12. The molecule has 0 radical (unpaired) electrons. The van der Waals surface area contributed by atoms with Crippen molar-refractivity contribution in [2.24, 2.45) is 0 Å². The Hall–Kier alpha value is -2.39. The van der Waals surface area contributed by atoms with Gasteiger partial charge in [0.1, 0.15) is 20.7 Å². The average Bonchev–Trinajstić information content (AvgIpc) is 3.47. The number of hydrogen-bond donors (Lipinski definition) is 0. The first-order valence-corrected chi connectivity index (χ1v) is 12.8. The molecule has 0 atom stereocenters. The molecule has 5 rings (SSSR count). The van der Waals surface area contributed by atoms with Gasteiger partial charge in [-0.1, -0.05) is 30.6 Å². The molecule has 1 aliphatic heterocycles. The topological polar surface area (TPSA) is 62.2 Å². The number of anilines is 1. The van der Waals surface area contributed by atoms with Crippen LogP contribution in [0.3, 0.4) is 0 Å². The summed E-state index contributed by atoms with van der Waals surface area (Å²) in [5.74, 6) is 0.313. The predicted molar refractivity (Wildman–Crippen MR) is 126 cm³/mol. The summed E-state index contributed by atoms with van der Waals surface area (Å²) in [6.45, 7) is 4.68. The van der Waals surface area contributed by atoms with E-state index in [2.05, 4.69) is 20.1 Å². The number of carbonyl (C=O) groups excluding carboxylic acids is 1. The van der Waals surface area contributed by atoms with Gasteiger partial charge in [0, 0.05) is 37.7 Å². The fraction of sp³-hybridized carbons (Fsp3) is 0.478. The summed E-state index contributed by atoms with van der Waals surface area (Å²) in [5, 5.41) is 11.8. The van der Waals surface area contributed by atoms with Crippen LogP contribution in [-0.2, 0) is 0 Å². The molecule has 32 heavy (non-hydrogen) atoms. The Morgan fingerprint density at radius 2 is 1.72 bits per heavy atom. The van der Waals surface area contributed by atoms with E-state index in [-0.39, 0.29) is 11.7 Å². The summed E-state index contributed by atoms with van der Waals surface area (Å²) < 4.78 is 13.2. The molecule has 168 valence electrons. The van der Waals surface area contributed by atoms with Crippen LogP contribution in [0.5, 0.6) is 0 Å². The molecular weight excluding hydrogens is 445 g/mol. The SMILES string of the molecule is Cc1nc(-c2ccc(F)cc2)sc1C(=O)N1CCN(c2nnc(C3CCCCC3)s2)CC1. The Bertz CT molecular complexity index is 1080. The monoisotopic (exact) mass is 471 g/mol.